The second kappa shape index (κ2) is 8.41. The first-order chi connectivity index (χ1) is 9.33. The molecule has 0 aromatic rings. The smallest absolute Gasteiger partial charge is 0.00966 e. The minimum Gasteiger partial charge on any atom is -0.312 e. The normalized spacial score (nSPS) is 28.1. The fourth-order valence-electron chi connectivity index (χ4n) is 3.68. The summed E-state index contributed by atoms with van der Waals surface area (Å²) in [6.45, 7) is 15.3. The molecule has 3 atom stereocenters. The van der Waals surface area contributed by atoms with Gasteiger partial charge >= 0.3 is 0 Å². The van der Waals surface area contributed by atoms with Gasteiger partial charge in [0.1, 0.15) is 0 Å². The molecule has 0 spiro atoms. The molecule has 0 saturated heterocycles. The molecule has 3 unspecified atom stereocenters. The van der Waals surface area contributed by atoms with Gasteiger partial charge in [-0.25, -0.2) is 0 Å². The van der Waals surface area contributed by atoms with Crippen molar-refractivity contribution in [1.29, 1.82) is 0 Å². The molecule has 0 heterocycles. The summed E-state index contributed by atoms with van der Waals surface area (Å²) in [5.41, 5.74) is 0.267. The summed E-state index contributed by atoms with van der Waals surface area (Å²) in [6, 6.07) is 0. The average molecular weight is 282 g/mol. The minimum atomic E-state index is 0.267. The lowest BCUT2D eigenvalue weighted by atomic mass is 9.69. The quantitative estimate of drug-likeness (QED) is 0.595. The van der Waals surface area contributed by atoms with Crippen LogP contribution in [0.25, 0.3) is 0 Å². The predicted molar refractivity (Wildman–Crippen MR) is 91.1 cm³/mol. The van der Waals surface area contributed by atoms with E-state index in [1.165, 1.54) is 51.5 Å². The minimum absolute atomic E-state index is 0.267. The van der Waals surface area contributed by atoms with Gasteiger partial charge in [-0.15, -0.1) is 0 Å². The average Bonchev–Trinajstić information content (AvgIpc) is 2.36. The Balaban J connectivity index is 2.51. The first-order valence-corrected chi connectivity index (χ1v) is 9.08. The topological polar surface area (TPSA) is 12.0 Å². The van der Waals surface area contributed by atoms with Crippen LogP contribution in [-0.2, 0) is 0 Å². The Labute approximate surface area is 128 Å². The van der Waals surface area contributed by atoms with E-state index in [0.29, 0.717) is 0 Å². The number of nitrogens with one attached hydrogen (secondary N) is 1. The Kier molecular flexibility index (Phi) is 7.58. The summed E-state index contributed by atoms with van der Waals surface area (Å²) in [7, 11) is 0. The zero-order valence-corrected chi connectivity index (χ0v) is 15.0. The highest BCUT2D eigenvalue weighted by atomic mass is 14.9. The van der Waals surface area contributed by atoms with Gasteiger partial charge in [0.25, 0.3) is 0 Å². The van der Waals surface area contributed by atoms with Gasteiger partial charge in [-0.05, 0) is 70.3 Å². The third-order valence-corrected chi connectivity index (χ3v) is 5.20. The zero-order chi connectivity index (χ0) is 15.2. The molecule has 1 fully saturated rings. The summed E-state index contributed by atoms with van der Waals surface area (Å²) < 4.78 is 0. The van der Waals surface area contributed by atoms with Gasteiger partial charge in [-0.1, -0.05) is 46.5 Å². The first kappa shape index (κ1) is 18.0. The Bertz CT molecular complexity index is 251. The predicted octanol–water partition coefficient (Wildman–Crippen LogP) is 5.64. The van der Waals surface area contributed by atoms with E-state index in [9.17, 15) is 0 Å². The molecule has 0 radical (unpaired) electrons. The molecule has 1 rings (SSSR count). The van der Waals surface area contributed by atoms with Crippen LogP contribution in [0.4, 0.5) is 0 Å². The van der Waals surface area contributed by atoms with E-state index >= 15 is 0 Å². The highest BCUT2D eigenvalue weighted by Crippen LogP contribution is 2.39. The lowest BCUT2D eigenvalue weighted by Crippen LogP contribution is -2.42. The molecule has 1 aliphatic carbocycles. The third-order valence-electron chi connectivity index (χ3n) is 5.20. The molecule has 1 N–H and O–H groups in total. The standard InChI is InChI=1S/C19H39N/c1-7-8-9-10-17-13-16(15(2)3)11-12-18(17)14-20-19(4,5)6/h15-18,20H,7-14H2,1-6H3. The Morgan fingerprint density at radius 3 is 2.30 bits per heavy atom. The van der Waals surface area contributed by atoms with Crippen molar-refractivity contribution >= 4 is 0 Å². The summed E-state index contributed by atoms with van der Waals surface area (Å²) in [6.07, 6.45) is 10.1. The monoisotopic (exact) mass is 281 g/mol. The molecule has 1 heteroatoms. The van der Waals surface area contributed by atoms with Crippen LogP contribution in [0.5, 0.6) is 0 Å². The molecule has 0 aromatic carbocycles. The summed E-state index contributed by atoms with van der Waals surface area (Å²) in [4.78, 5) is 0. The number of hydrogen-bond donors (Lipinski definition) is 1. The summed E-state index contributed by atoms with van der Waals surface area (Å²) in [5.74, 6) is 3.74. The Morgan fingerprint density at radius 1 is 1.05 bits per heavy atom. The van der Waals surface area contributed by atoms with Crippen LogP contribution < -0.4 is 5.32 Å². The molecule has 0 bridgehead atoms. The highest BCUT2D eigenvalue weighted by Gasteiger charge is 2.31. The van der Waals surface area contributed by atoms with Crippen molar-refractivity contribution in [3.63, 3.8) is 0 Å². The van der Waals surface area contributed by atoms with Crippen molar-refractivity contribution in [3.05, 3.63) is 0 Å². The largest absolute Gasteiger partial charge is 0.312 e. The van der Waals surface area contributed by atoms with Crippen LogP contribution >= 0.6 is 0 Å². The molecule has 1 saturated carbocycles. The zero-order valence-electron chi connectivity index (χ0n) is 15.0. The maximum atomic E-state index is 3.76. The number of hydrogen-bond acceptors (Lipinski definition) is 1. The van der Waals surface area contributed by atoms with Crippen LogP contribution in [0.2, 0.25) is 0 Å². The van der Waals surface area contributed by atoms with Crippen molar-refractivity contribution in [2.24, 2.45) is 23.7 Å². The van der Waals surface area contributed by atoms with E-state index in [1.807, 2.05) is 0 Å². The lowest BCUT2D eigenvalue weighted by molar-refractivity contribution is 0.130. The van der Waals surface area contributed by atoms with Gasteiger partial charge in [0.2, 0.25) is 0 Å². The van der Waals surface area contributed by atoms with Crippen molar-refractivity contribution in [1.82, 2.24) is 5.32 Å². The molecule has 1 nitrogen and oxygen atoms in total. The van der Waals surface area contributed by atoms with Crippen LogP contribution in [0, 0.1) is 23.7 Å². The number of unbranched alkanes of at least 4 members (excludes halogenated alkanes) is 2. The van der Waals surface area contributed by atoms with E-state index in [-0.39, 0.29) is 5.54 Å². The van der Waals surface area contributed by atoms with Crippen molar-refractivity contribution < 1.29 is 0 Å². The molecule has 0 aromatic heterocycles. The van der Waals surface area contributed by atoms with E-state index in [2.05, 4.69) is 46.9 Å². The molecule has 120 valence electrons. The van der Waals surface area contributed by atoms with E-state index in [1.54, 1.807) is 0 Å². The van der Waals surface area contributed by atoms with Gasteiger partial charge in [0.15, 0.2) is 0 Å². The molecule has 0 amide bonds. The van der Waals surface area contributed by atoms with Crippen LogP contribution in [-0.4, -0.2) is 12.1 Å². The van der Waals surface area contributed by atoms with Crippen LogP contribution in [0.15, 0.2) is 0 Å². The van der Waals surface area contributed by atoms with E-state index < -0.39 is 0 Å². The number of rotatable bonds is 7. The second-order valence-corrected chi connectivity index (χ2v) is 8.46. The van der Waals surface area contributed by atoms with Crippen molar-refractivity contribution in [2.75, 3.05) is 6.54 Å². The summed E-state index contributed by atoms with van der Waals surface area (Å²) in [5, 5.41) is 3.76. The van der Waals surface area contributed by atoms with Gasteiger partial charge in [-0.2, -0.15) is 0 Å². The van der Waals surface area contributed by atoms with Gasteiger partial charge in [0.05, 0.1) is 0 Å². The van der Waals surface area contributed by atoms with Crippen molar-refractivity contribution in [2.45, 2.75) is 92.0 Å². The van der Waals surface area contributed by atoms with E-state index in [0.717, 1.165) is 23.7 Å². The maximum absolute atomic E-state index is 3.76. The Hall–Kier alpha value is -0.0400. The molecule has 20 heavy (non-hydrogen) atoms. The molecular weight excluding hydrogens is 242 g/mol. The SMILES string of the molecule is CCCCCC1CC(C(C)C)CCC1CNC(C)(C)C. The van der Waals surface area contributed by atoms with Gasteiger partial charge < -0.3 is 5.32 Å². The van der Waals surface area contributed by atoms with Crippen LogP contribution in [0.3, 0.4) is 0 Å². The van der Waals surface area contributed by atoms with Crippen LogP contribution in [0.1, 0.15) is 86.5 Å². The van der Waals surface area contributed by atoms with Crippen molar-refractivity contribution in [3.8, 4) is 0 Å². The fourth-order valence-corrected chi connectivity index (χ4v) is 3.68. The fraction of sp³-hybridized carbons (Fsp3) is 1.00. The highest BCUT2D eigenvalue weighted by molar-refractivity contribution is 4.84. The lowest BCUT2D eigenvalue weighted by Gasteiger charge is -2.39. The Morgan fingerprint density at radius 2 is 1.75 bits per heavy atom. The second-order valence-electron chi connectivity index (χ2n) is 8.46. The van der Waals surface area contributed by atoms with Gasteiger partial charge in [0, 0.05) is 5.54 Å². The third kappa shape index (κ3) is 6.61. The molecule has 1 aliphatic rings. The summed E-state index contributed by atoms with van der Waals surface area (Å²) >= 11 is 0. The first-order valence-electron chi connectivity index (χ1n) is 9.08. The van der Waals surface area contributed by atoms with E-state index in [4.69, 9.17) is 0 Å². The molecule has 0 aliphatic heterocycles. The molecular formula is C19H39N. The van der Waals surface area contributed by atoms with Gasteiger partial charge in [-0.3, -0.25) is 0 Å². The maximum Gasteiger partial charge on any atom is 0.00966 e.